The van der Waals surface area contributed by atoms with Gasteiger partial charge < -0.3 is 15.4 Å². The fourth-order valence-electron chi connectivity index (χ4n) is 3.59. The Balaban J connectivity index is 2.21. The van der Waals surface area contributed by atoms with E-state index in [1.54, 1.807) is 17.8 Å². The Hall–Kier alpha value is -1.53. The van der Waals surface area contributed by atoms with Gasteiger partial charge in [0.25, 0.3) is 5.91 Å². The molecule has 33 heavy (non-hydrogen) atoms. The van der Waals surface area contributed by atoms with Gasteiger partial charge in [0.1, 0.15) is 0 Å². The van der Waals surface area contributed by atoms with Crippen LogP contribution in [-0.4, -0.2) is 37.8 Å². The summed E-state index contributed by atoms with van der Waals surface area (Å²) in [5.74, 6) is -0.142. The van der Waals surface area contributed by atoms with Crippen LogP contribution in [0.2, 0.25) is 0 Å². The molecule has 188 valence electrons. The predicted octanol–water partition coefficient (Wildman–Crippen LogP) is 7.20. The van der Waals surface area contributed by atoms with Crippen molar-refractivity contribution < 1.29 is 14.3 Å². The molecule has 0 aliphatic carbocycles. The maximum atomic E-state index is 12.4. The van der Waals surface area contributed by atoms with Gasteiger partial charge in [-0.15, -0.1) is 11.8 Å². The largest absolute Gasteiger partial charge is 0.381 e. The van der Waals surface area contributed by atoms with Gasteiger partial charge >= 0.3 is 0 Å². The Kier molecular flexibility index (Phi) is 17.8. The van der Waals surface area contributed by atoms with Crippen LogP contribution in [0.4, 0.5) is 5.69 Å². The van der Waals surface area contributed by atoms with Crippen molar-refractivity contribution in [2.75, 3.05) is 31.3 Å². The van der Waals surface area contributed by atoms with E-state index >= 15 is 0 Å². The SMILES string of the molecule is CCCCCCCCCCCOCCCC(=O)Nc1cc(C(=O)NCCCC)ccc1SC. The molecule has 0 aromatic heterocycles. The third kappa shape index (κ3) is 14.4. The van der Waals surface area contributed by atoms with Crippen molar-refractivity contribution in [1.29, 1.82) is 0 Å². The Morgan fingerprint density at radius 3 is 2.15 bits per heavy atom. The summed E-state index contributed by atoms with van der Waals surface area (Å²) in [5, 5.41) is 5.89. The molecule has 0 aliphatic heterocycles. The van der Waals surface area contributed by atoms with Gasteiger partial charge in [0, 0.05) is 36.6 Å². The molecule has 0 heterocycles. The number of carbonyl (C=O) groups is 2. The van der Waals surface area contributed by atoms with Crippen LogP contribution in [0.25, 0.3) is 0 Å². The van der Waals surface area contributed by atoms with Gasteiger partial charge in [0.05, 0.1) is 5.69 Å². The zero-order valence-corrected chi connectivity index (χ0v) is 22.0. The molecule has 0 fully saturated rings. The number of carbonyl (C=O) groups excluding carboxylic acids is 2. The van der Waals surface area contributed by atoms with Crippen molar-refractivity contribution in [3.63, 3.8) is 0 Å². The molecule has 0 saturated carbocycles. The highest BCUT2D eigenvalue weighted by atomic mass is 32.2. The number of rotatable bonds is 20. The van der Waals surface area contributed by atoms with E-state index in [4.69, 9.17) is 4.74 Å². The molecule has 6 heteroatoms. The maximum Gasteiger partial charge on any atom is 0.251 e. The molecule has 5 nitrogen and oxygen atoms in total. The molecule has 0 radical (unpaired) electrons. The smallest absolute Gasteiger partial charge is 0.251 e. The van der Waals surface area contributed by atoms with E-state index in [1.807, 2.05) is 18.4 Å². The molecular formula is C27H46N2O3S. The van der Waals surface area contributed by atoms with Crippen LogP contribution in [0.5, 0.6) is 0 Å². The highest BCUT2D eigenvalue weighted by Crippen LogP contribution is 2.27. The van der Waals surface area contributed by atoms with Crippen LogP contribution in [0.3, 0.4) is 0 Å². The number of anilines is 1. The summed E-state index contributed by atoms with van der Waals surface area (Å²) in [6.07, 6.45) is 16.8. The molecule has 2 amide bonds. The topological polar surface area (TPSA) is 67.4 Å². The second kappa shape index (κ2) is 19.9. The first-order chi connectivity index (χ1) is 16.1. The van der Waals surface area contributed by atoms with Crippen LogP contribution in [0.1, 0.15) is 108 Å². The van der Waals surface area contributed by atoms with Crippen molar-refractivity contribution in [3.05, 3.63) is 23.8 Å². The van der Waals surface area contributed by atoms with Gasteiger partial charge in [-0.1, -0.05) is 71.6 Å². The first kappa shape index (κ1) is 29.5. The molecule has 2 N–H and O–H groups in total. The summed E-state index contributed by atoms with van der Waals surface area (Å²) < 4.78 is 5.70. The lowest BCUT2D eigenvalue weighted by atomic mass is 10.1. The second-order valence-electron chi connectivity index (χ2n) is 8.62. The van der Waals surface area contributed by atoms with E-state index in [2.05, 4.69) is 24.5 Å². The van der Waals surface area contributed by atoms with E-state index in [0.29, 0.717) is 37.2 Å². The van der Waals surface area contributed by atoms with Crippen LogP contribution < -0.4 is 10.6 Å². The van der Waals surface area contributed by atoms with Crippen molar-refractivity contribution in [3.8, 4) is 0 Å². The highest BCUT2D eigenvalue weighted by molar-refractivity contribution is 7.98. The van der Waals surface area contributed by atoms with Crippen molar-refractivity contribution in [2.45, 2.75) is 102 Å². The fourth-order valence-corrected chi connectivity index (χ4v) is 4.13. The molecule has 0 spiro atoms. The molecule has 0 saturated heterocycles. The first-order valence-corrected chi connectivity index (χ1v) is 14.2. The standard InChI is InChI=1S/C27H46N2O3S/c1-4-6-8-9-10-11-12-13-14-20-32-21-15-16-26(30)29-24-22-23(17-18-25(24)33-3)27(31)28-19-7-5-2/h17-18,22H,4-16,19-21H2,1-3H3,(H,28,31)(H,29,30). The first-order valence-electron chi connectivity index (χ1n) is 13.0. The highest BCUT2D eigenvalue weighted by Gasteiger charge is 2.11. The van der Waals surface area contributed by atoms with E-state index in [1.165, 1.54) is 51.4 Å². The normalized spacial score (nSPS) is 10.9. The number of nitrogens with one attached hydrogen (secondary N) is 2. The molecule has 1 aromatic carbocycles. The molecule has 1 rings (SSSR count). The van der Waals surface area contributed by atoms with Gasteiger partial charge in [0.15, 0.2) is 0 Å². The van der Waals surface area contributed by atoms with Crippen molar-refractivity contribution in [2.24, 2.45) is 0 Å². The van der Waals surface area contributed by atoms with Crippen molar-refractivity contribution in [1.82, 2.24) is 5.32 Å². The molecule has 0 unspecified atom stereocenters. The maximum absolute atomic E-state index is 12.4. The van der Waals surface area contributed by atoms with Gasteiger partial charge in [-0.25, -0.2) is 0 Å². The lowest BCUT2D eigenvalue weighted by molar-refractivity contribution is -0.116. The van der Waals surface area contributed by atoms with E-state index in [0.717, 1.165) is 30.8 Å². The third-order valence-corrected chi connectivity index (χ3v) is 6.43. The summed E-state index contributed by atoms with van der Waals surface area (Å²) in [5.41, 5.74) is 1.27. The Morgan fingerprint density at radius 1 is 0.848 bits per heavy atom. The summed E-state index contributed by atoms with van der Waals surface area (Å²) in [7, 11) is 0. The Morgan fingerprint density at radius 2 is 1.48 bits per heavy atom. The number of thioether (sulfide) groups is 1. The number of unbranched alkanes of at least 4 members (excludes halogenated alkanes) is 9. The minimum absolute atomic E-state index is 0.0412. The van der Waals surface area contributed by atoms with E-state index in [-0.39, 0.29) is 11.8 Å². The minimum atomic E-state index is -0.100. The fraction of sp³-hybridized carbons (Fsp3) is 0.704. The molecule has 0 aliphatic rings. The summed E-state index contributed by atoms with van der Waals surface area (Å²) in [6.45, 7) is 6.41. The van der Waals surface area contributed by atoms with Gasteiger partial charge in [-0.05, 0) is 43.7 Å². The summed E-state index contributed by atoms with van der Waals surface area (Å²) in [4.78, 5) is 25.7. The van der Waals surface area contributed by atoms with Crippen LogP contribution in [0.15, 0.2) is 23.1 Å². The van der Waals surface area contributed by atoms with Crippen LogP contribution >= 0.6 is 11.8 Å². The lowest BCUT2D eigenvalue weighted by Crippen LogP contribution is -2.24. The number of benzene rings is 1. The zero-order valence-electron chi connectivity index (χ0n) is 21.2. The lowest BCUT2D eigenvalue weighted by Gasteiger charge is -2.12. The molecule has 0 bridgehead atoms. The summed E-state index contributed by atoms with van der Waals surface area (Å²) >= 11 is 1.56. The average Bonchev–Trinajstić information content (AvgIpc) is 2.82. The molecule has 0 atom stereocenters. The number of amides is 2. The zero-order chi connectivity index (χ0) is 24.2. The van der Waals surface area contributed by atoms with E-state index in [9.17, 15) is 9.59 Å². The molecule has 1 aromatic rings. The average molecular weight is 479 g/mol. The Labute approximate surface area is 206 Å². The third-order valence-electron chi connectivity index (χ3n) is 5.64. The van der Waals surface area contributed by atoms with Gasteiger partial charge in [0.2, 0.25) is 5.91 Å². The molecular weight excluding hydrogens is 432 g/mol. The van der Waals surface area contributed by atoms with Crippen molar-refractivity contribution >= 4 is 29.3 Å². The monoisotopic (exact) mass is 478 g/mol. The number of hydrogen-bond acceptors (Lipinski definition) is 4. The second-order valence-corrected chi connectivity index (χ2v) is 9.47. The van der Waals surface area contributed by atoms with E-state index < -0.39 is 0 Å². The minimum Gasteiger partial charge on any atom is -0.381 e. The number of ether oxygens (including phenoxy) is 1. The van der Waals surface area contributed by atoms with Crippen LogP contribution in [0, 0.1) is 0 Å². The van der Waals surface area contributed by atoms with Gasteiger partial charge in [-0.3, -0.25) is 9.59 Å². The Bertz CT molecular complexity index is 667. The quantitative estimate of drug-likeness (QED) is 0.153. The number of hydrogen-bond donors (Lipinski definition) is 2. The van der Waals surface area contributed by atoms with Gasteiger partial charge in [-0.2, -0.15) is 0 Å². The van der Waals surface area contributed by atoms with Crippen LogP contribution in [-0.2, 0) is 9.53 Å². The predicted molar refractivity (Wildman–Crippen MR) is 141 cm³/mol. The summed E-state index contributed by atoms with van der Waals surface area (Å²) in [6, 6.07) is 5.47.